The molecule has 2 aliphatic rings. The van der Waals surface area contributed by atoms with Crippen LogP contribution >= 0.6 is 24.0 Å². The minimum Gasteiger partial charge on any atom is -0.550 e. The minimum atomic E-state index is -1.25. The molecule has 2 amide bonds. The number of benzene rings is 1. The van der Waals surface area contributed by atoms with Crippen LogP contribution in [0.5, 0.6) is 0 Å². The summed E-state index contributed by atoms with van der Waals surface area (Å²) in [6, 6.07) is 7.41. The summed E-state index contributed by atoms with van der Waals surface area (Å²) < 4.78 is 0.262. The Morgan fingerprint density at radius 2 is 1.85 bits per heavy atom. The summed E-state index contributed by atoms with van der Waals surface area (Å²) in [5.74, 6) is -1.87. The number of hydrogen-bond acceptors (Lipinski definition) is 6. The van der Waals surface area contributed by atoms with Gasteiger partial charge in [-0.15, -0.1) is 0 Å². The summed E-state index contributed by atoms with van der Waals surface area (Å²) in [6.45, 7) is 2.64. The second-order valence-corrected chi connectivity index (χ2v) is 7.98. The van der Waals surface area contributed by atoms with E-state index < -0.39 is 11.9 Å². The Morgan fingerprint density at radius 3 is 2.56 bits per heavy atom. The van der Waals surface area contributed by atoms with Gasteiger partial charge in [0.25, 0.3) is 11.8 Å². The lowest BCUT2D eigenvalue weighted by atomic mass is 10.1. The molecule has 0 N–H and O–H groups in total. The molecule has 0 unspecified atom stereocenters. The van der Waals surface area contributed by atoms with Gasteiger partial charge in [0.2, 0.25) is 0 Å². The molecule has 0 aromatic heterocycles. The molecule has 1 aromatic rings. The summed E-state index contributed by atoms with van der Waals surface area (Å²) in [7, 11) is 0. The van der Waals surface area contributed by atoms with Crippen molar-refractivity contribution < 1.29 is 19.5 Å². The smallest absolute Gasteiger partial charge is 0.267 e. The third kappa shape index (κ3) is 3.77. The molecule has 0 bridgehead atoms. The third-order valence-corrected chi connectivity index (χ3v) is 5.97. The van der Waals surface area contributed by atoms with Gasteiger partial charge in [-0.3, -0.25) is 14.5 Å². The number of aliphatic carboxylic acids is 1. The number of rotatable bonds is 7. The van der Waals surface area contributed by atoms with Crippen molar-refractivity contribution in [1.29, 1.82) is 0 Å². The Labute approximate surface area is 167 Å². The highest BCUT2D eigenvalue weighted by Crippen LogP contribution is 2.44. The zero-order chi connectivity index (χ0) is 19.6. The van der Waals surface area contributed by atoms with Gasteiger partial charge in [0.1, 0.15) is 4.32 Å². The molecule has 0 radical (unpaired) electrons. The number of amides is 2. The fourth-order valence-corrected chi connectivity index (χ4v) is 4.57. The number of fused-ring (bicyclic) bond motifs is 1. The van der Waals surface area contributed by atoms with Crippen LogP contribution in [0.1, 0.15) is 38.2 Å². The Morgan fingerprint density at radius 1 is 1.11 bits per heavy atom. The van der Waals surface area contributed by atoms with Gasteiger partial charge in [-0.25, -0.2) is 0 Å². The maximum Gasteiger partial charge on any atom is 0.267 e. The highest BCUT2D eigenvalue weighted by Gasteiger charge is 2.41. The second kappa shape index (κ2) is 8.22. The first kappa shape index (κ1) is 19.6. The van der Waals surface area contributed by atoms with E-state index in [2.05, 4.69) is 6.92 Å². The second-order valence-electron chi connectivity index (χ2n) is 6.33. The molecule has 0 atom stereocenters. The molecule has 0 saturated carbocycles. The molecule has 1 fully saturated rings. The van der Waals surface area contributed by atoms with Gasteiger partial charge in [0, 0.05) is 31.0 Å². The van der Waals surface area contributed by atoms with Crippen LogP contribution in [-0.4, -0.2) is 40.1 Å². The SMILES string of the molecule is CCCCCN1C(=O)/C(=C2\SC(=S)N(CCC(=O)[O-])C2=O)c2ccccc21. The van der Waals surface area contributed by atoms with Crippen molar-refractivity contribution in [2.24, 2.45) is 0 Å². The largest absolute Gasteiger partial charge is 0.550 e. The maximum absolute atomic E-state index is 13.1. The first-order valence-corrected chi connectivity index (χ1v) is 10.1. The maximum atomic E-state index is 13.1. The minimum absolute atomic E-state index is 0.0557. The molecular weight excluding hydrogens is 384 g/mol. The summed E-state index contributed by atoms with van der Waals surface area (Å²) in [5, 5.41) is 10.7. The van der Waals surface area contributed by atoms with Crippen molar-refractivity contribution in [3.63, 3.8) is 0 Å². The van der Waals surface area contributed by atoms with E-state index in [-0.39, 0.29) is 28.1 Å². The number of anilines is 1. The molecule has 27 heavy (non-hydrogen) atoms. The van der Waals surface area contributed by atoms with E-state index in [1.54, 1.807) is 4.90 Å². The fraction of sp³-hybridized carbons (Fsp3) is 0.368. The Kier molecular flexibility index (Phi) is 5.96. The zero-order valence-corrected chi connectivity index (χ0v) is 16.5. The highest BCUT2D eigenvalue weighted by atomic mass is 32.2. The van der Waals surface area contributed by atoms with E-state index in [1.165, 1.54) is 4.90 Å². The average Bonchev–Trinajstić information content (AvgIpc) is 3.07. The summed E-state index contributed by atoms with van der Waals surface area (Å²) in [6.07, 6.45) is 2.65. The van der Waals surface area contributed by atoms with Gasteiger partial charge in [0.05, 0.1) is 16.2 Å². The number of nitrogens with zero attached hydrogens (tertiary/aromatic N) is 2. The van der Waals surface area contributed by atoms with Crippen LogP contribution in [0.3, 0.4) is 0 Å². The molecular formula is C19H19N2O4S2-. The number of para-hydroxylation sites is 1. The molecule has 2 aliphatic heterocycles. The number of thioether (sulfide) groups is 1. The van der Waals surface area contributed by atoms with Gasteiger partial charge in [0.15, 0.2) is 0 Å². The lowest BCUT2D eigenvalue weighted by Crippen LogP contribution is -2.34. The van der Waals surface area contributed by atoms with Gasteiger partial charge in [-0.05, 0) is 12.5 Å². The first-order valence-electron chi connectivity index (χ1n) is 8.84. The van der Waals surface area contributed by atoms with E-state index in [4.69, 9.17) is 12.2 Å². The van der Waals surface area contributed by atoms with Crippen molar-refractivity contribution in [2.75, 3.05) is 18.0 Å². The van der Waals surface area contributed by atoms with Crippen molar-refractivity contribution in [1.82, 2.24) is 4.90 Å². The van der Waals surface area contributed by atoms with Gasteiger partial charge >= 0.3 is 0 Å². The molecule has 8 heteroatoms. The lowest BCUT2D eigenvalue weighted by Gasteiger charge is -2.16. The fourth-order valence-electron chi connectivity index (χ4n) is 3.19. The number of unbranched alkanes of at least 4 members (excludes halogenated alkanes) is 2. The first-order chi connectivity index (χ1) is 13.0. The molecule has 142 valence electrons. The standard InChI is InChI=1S/C19H20N2O4S2/c1-2-3-6-10-20-13-8-5-4-7-12(13)15(17(20)24)16-18(25)21(19(26)27-16)11-9-14(22)23/h4-5,7-8H,2-3,6,9-11H2,1H3,(H,22,23)/p-1/b16-15-. The molecule has 1 saturated heterocycles. The number of thiocarbonyl (C=S) groups is 1. The monoisotopic (exact) mass is 403 g/mol. The number of carboxylic acid groups (broad SMARTS) is 1. The topological polar surface area (TPSA) is 80.8 Å². The van der Waals surface area contributed by atoms with Crippen LogP contribution in [0.15, 0.2) is 29.2 Å². The summed E-state index contributed by atoms with van der Waals surface area (Å²) in [5.41, 5.74) is 1.88. The number of carbonyl (C=O) groups is 3. The molecule has 3 rings (SSSR count). The molecule has 0 spiro atoms. The van der Waals surface area contributed by atoms with E-state index in [0.29, 0.717) is 12.1 Å². The van der Waals surface area contributed by atoms with E-state index in [9.17, 15) is 19.5 Å². The Bertz CT molecular complexity index is 850. The van der Waals surface area contributed by atoms with Crippen molar-refractivity contribution in [2.45, 2.75) is 32.6 Å². The highest BCUT2D eigenvalue weighted by molar-refractivity contribution is 8.26. The molecule has 6 nitrogen and oxygen atoms in total. The zero-order valence-electron chi connectivity index (χ0n) is 14.9. The quantitative estimate of drug-likeness (QED) is 0.393. The van der Waals surface area contributed by atoms with Crippen LogP contribution in [0, 0.1) is 0 Å². The van der Waals surface area contributed by atoms with Gasteiger partial charge in [-0.2, -0.15) is 0 Å². The van der Waals surface area contributed by atoms with Gasteiger partial charge < -0.3 is 14.8 Å². The molecule has 2 heterocycles. The van der Waals surface area contributed by atoms with Crippen molar-refractivity contribution in [3.05, 3.63) is 34.7 Å². The van der Waals surface area contributed by atoms with Crippen LogP contribution in [0.4, 0.5) is 5.69 Å². The van der Waals surface area contributed by atoms with E-state index >= 15 is 0 Å². The summed E-state index contributed by atoms with van der Waals surface area (Å²) in [4.78, 5) is 39.9. The predicted octanol–water partition coefficient (Wildman–Crippen LogP) is 1.93. The van der Waals surface area contributed by atoms with Gasteiger partial charge in [-0.1, -0.05) is 61.9 Å². The average molecular weight is 404 g/mol. The van der Waals surface area contributed by atoms with E-state index in [0.717, 1.165) is 42.3 Å². The lowest BCUT2D eigenvalue weighted by molar-refractivity contribution is -0.305. The molecule has 1 aromatic carbocycles. The number of carboxylic acids is 1. The van der Waals surface area contributed by atoms with Crippen molar-refractivity contribution >= 4 is 57.3 Å². The Balaban J connectivity index is 1.95. The summed E-state index contributed by atoms with van der Waals surface area (Å²) >= 11 is 6.29. The normalized spacial score (nSPS) is 19.2. The predicted molar refractivity (Wildman–Crippen MR) is 107 cm³/mol. The number of hydrogen-bond donors (Lipinski definition) is 0. The molecule has 0 aliphatic carbocycles. The van der Waals surface area contributed by atoms with Crippen LogP contribution in [0.2, 0.25) is 0 Å². The van der Waals surface area contributed by atoms with Crippen LogP contribution in [-0.2, 0) is 14.4 Å². The third-order valence-electron chi connectivity index (χ3n) is 4.52. The van der Waals surface area contributed by atoms with Crippen LogP contribution in [0.25, 0.3) is 5.57 Å². The number of carbonyl (C=O) groups excluding carboxylic acids is 3. The van der Waals surface area contributed by atoms with Crippen molar-refractivity contribution in [3.8, 4) is 0 Å². The van der Waals surface area contributed by atoms with E-state index in [1.807, 2.05) is 24.3 Å². The van der Waals surface area contributed by atoms with Crippen LogP contribution < -0.4 is 10.0 Å². The Hall–Kier alpha value is -2.19.